The minimum atomic E-state index is -0.759. The van der Waals surface area contributed by atoms with Crippen molar-refractivity contribution in [3.8, 4) is 0 Å². The lowest BCUT2D eigenvalue weighted by atomic mass is 9.99. The van der Waals surface area contributed by atoms with Crippen LogP contribution in [0.5, 0.6) is 0 Å². The number of carbonyl (C=O) groups excluding carboxylic acids is 2. The molecular formula is C15H22N2O4. The lowest BCUT2D eigenvalue weighted by molar-refractivity contribution is -0.188. The maximum atomic E-state index is 12.7. The highest BCUT2D eigenvalue weighted by molar-refractivity contribution is 6.08. The van der Waals surface area contributed by atoms with Crippen molar-refractivity contribution in [3.05, 3.63) is 0 Å². The molecule has 0 bridgehead atoms. The van der Waals surface area contributed by atoms with E-state index >= 15 is 0 Å². The van der Waals surface area contributed by atoms with Crippen LogP contribution in [0.2, 0.25) is 0 Å². The minimum Gasteiger partial charge on any atom is -0.352 e. The van der Waals surface area contributed by atoms with Crippen LogP contribution in [0.1, 0.15) is 38.5 Å². The van der Waals surface area contributed by atoms with Gasteiger partial charge in [-0.3, -0.25) is 9.59 Å². The SMILES string of the molecule is O=C(NC1CC1)C1(C(=O)N2CCC3(CC2)OCCO3)CC1. The molecule has 0 aromatic rings. The fourth-order valence-electron chi connectivity index (χ4n) is 3.35. The summed E-state index contributed by atoms with van der Waals surface area (Å²) < 4.78 is 11.4. The zero-order valence-electron chi connectivity index (χ0n) is 12.2. The van der Waals surface area contributed by atoms with Gasteiger partial charge in [0, 0.05) is 32.0 Å². The standard InChI is InChI=1S/C15H22N2O4/c18-12(16-11-1-2-11)14(3-4-14)13(19)17-7-5-15(6-8-17)20-9-10-21-15/h11H,1-10H2,(H,16,18). The zero-order valence-corrected chi connectivity index (χ0v) is 12.2. The van der Waals surface area contributed by atoms with Gasteiger partial charge < -0.3 is 19.7 Å². The van der Waals surface area contributed by atoms with E-state index in [1.165, 1.54) is 0 Å². The topological polar surface area (TPSA) is 67.9 Å². The summed E-state index contributed by atoms with van der Waals surface area (Å²) in [5.41, 5.74) is -0.759. The first kappa shape index (κ1) is 13.5. The van der Waals surface area contributed by atoms with Crippen LogP contribution in [0, 0.1) is 5.41 Å². The molecule has 0 radical (unpaired) electrons. The summed E-state index contributed by atoms with van der Waals surface area (Å²) >= 11 is 0. The quantitative estimate of drug-likeness (QED) is 0.766. The van der Waals surface area contributed by atoms with E-state index in [-0.39, 0.29) is 11.8 Å². The second kappa shape index (κ2) is 4.68. The number of hydrogen-bond acceptors (Lipinski definition) is 4. The van der Waals surface area contributed by atoms with Gasteiger partial charge in [-0.05, 0) is 25.7 Å². The molecule has 2 aliphatic heterocycles. The third-order valence-electron chi connectivity index (χ3n) is 5.13. The Morgan fingerprint density at radius 2 is 1.62 bits per heavy atom. The largest absolute Gasteiger partial charge is 0.352 e. The molecule has 2 saturated carbocycles. The summed E-state index contributed by atoms with van der Waals surface area (Å²) in [6.45, 7) is 2.53. The molecular weight excluding hydrogens is 272 g/mol. The van der Waals surface area contributed by atoms with E-state index in [1.54, 1.807) is 0 Å². The van der Waals surface area contributed by atoms with Crippen molar-refractivity contribution in [3.63, 3.8) is 0 Å². The highest BCUT2D eigenvalue weighted by Crippen LogP contribution is 2.48. The Hall–Kier alpha value is -1.14. The summed E-state index contributed by atoms with van der Waals surface area (Å²) in [7, 11) is 0. The number of likely N-dealkylation sites (tertiary alicyclic amines) is 1. The van der Waals surface area contributed by atoms with Crippen LogP contribution in [-0.2, 0) is 19.1 Å². The average molecular weight is 294 g/mol. The molecule has 2 aliphatic carbocycles. The predicted molar refractivity (Wildman–Crippen MR) is 73.3 cm³/mol. The van der Waals surface area contributed by atoms with Crippen molar-refractivity contribution >= 4 is 11.8 Å². The maximum absolute atomic E-state index is 12.7. The third-order valence-corrected chi connectivity index (χ3v) is 5.13. The number of nitrogens with zero attached hydrogens (tertiary/aromatic N) is 1. The Kier molecular flexibility index (Phi) is 3.01. The van der Waals surface area contributed by atoms with E-state index in [0.29, 0.717) is 58.0 Å². The Balaban J connectivity index is 1.38. The average Bonchev–Trinajstić information content (AvgIpc) is 3.40. The molecule has 4 aliphatic rings. The van der Waals surface area contributed by atoms with Crippen LogP contribution in [0.3, 0.4) is 0 Å². The van der Waals surface area contributed by atoms with Gasteiger partial charge in [0.25, 0.3) is 0 Å². The minimum absolute atomic E-state index is 0.00787. The van der Waals surface area contributed by atoms with Gasteiger partial charge >= 0.3 is 0 Å². The van der Waals surface area contributed by atoms with Crippen LogP contribution >= 0.6 is 0 Å². The maximum Gasteiger partial charge on any atom is 0.238 e. The van der Waals surface area contributed by atoms with Crippen molar-refractivity contribution < 1.29 is 19.1 Å². The molecule has 2 saturated heterocycles. The fourth-order valence-corrected chi connectivity index (χ4v) is 3.35. The number of rotatable bonds is 3. The molecule has 0 atom stereocenters. The molecule has 2 heterocycles. The summed E-state index contributed by atoms with van der Waals surface area (Å²) in [6.07, 6.45) is 4.91. The van der Waals surface area contributed by atoms with Gasteiger partial charge in [0.15, 0.2) is 5.79 Å². The Morgan fingerprint density at radius 3 is 2.14 bits per heavy atom. The van der Waals surface area contributed by atoms with Crippen molar-refractivity contribution in [2.24, 2.45) is 5.41 Å². The van der Waals surface area contributed by atoms with Crippen LogP contribution in [-0.4, -0.2) is 54.8 Å². The molecule has 0 aromatic heterocycles. The number of ether oxygens (including phenoxy) is 2. The van der Waals surface area contributed by atoms with Gasteiger partial charge in [-0.2, -0.15) is 0 Å². The number of piperidine rings is 1. The first-order valence-corrected chi connectivity index (χ1v) is 8.02. The highest BCUT2D eigenvalue weighted by atomic mass is 16.7. The summed E-state index contributed by atoms with van der Waals surface area (Å²) in [6, 6.07) is 0.313. The molecule has 4 rings (SSSR count). The number of nitrogens with one attached hydrogen (secondary N) is 1. The molecule has 6 heteroatoms. The predicted octanol–water partition coefficient (Wildman–Crippen LogP) is 0.411. The first-order valence-electron chi connectivity index (χ1n) is 8.02. The fraction of sp³-hybridized carbons (Fsp3) is 0.867. The molecule has 1 N–H and O–H groups in total. The Morgan fingerprint density at radius 1 is 1.00 bits per heavy atom. The van der Waals surface area contributed by atoms with Gasteiger partial charge in [0.2, 0.25) is 11.8 Å². The van der Waals surface area contributed by atoms with Crippen LogP contribution < -0.4 is 5.32 Å². The normalized spacial score (nSPS) is 29.4. The number of amides is 2. The molecule has 2 amide bonds. The monoisotopic (exact) mass is 294 g/mol. The lowest BCUT2D eigenvalue weighted by Gasteiger charge is -2.38. The van der Waals surface area contributed by atoms with Crippen molar-refractivity contribution in [1.82, 2.24) is 10.2 Å². The number of carbonyl (C=O) groups is 2. The number of hydrogen-bond donors (Lipinski definition) is 1. The van der Waals surface area contributed by atoms with E-state index < -0.39 is 11.2 Å². The smallest absolute Gasteiger partial charge is 0.238 e. The second-order valence-electron chi connectivity index (χ2n) is 6.73. The molecule has 21 heavy (non-hydrogen) atoms. The lowest BCUT2D eigenvalue weighted by Crippen LogP contribution is -2.52. The van der Waals surface area contributed by atoms with Gasteiger partial charge in [-0.15, -0.1) is 0 Å². The molecule has 4 fully saturated rings. The van der Waals surface area contributed by atoms with E-state index in [9.17, 15) is 9.59 Å². The third kappa shape index (κ3) is 2.34. The van der Waals surface area contributed by atoms with Gasteiger partial charge in [-0.25, -0.2) is 0 Å². The van der Waals surface area contributed by atoms with Crippen molar-refractivity contribution in [2.75, 3.05) is 26.3 Å². The van der Waals surface area contributed by atoms with Crippen molar-refractivity contribution in [2.45, 2.75) is 50.4 Å². The summed E-state index contributed by atoms with van der Waals surface area (Å²) in [4.78, 5) is 26.8. The summed E-state index contributed by atoms with van der Waals surface area (Å²) in [5, 5.41) is 2.99. The molecule has 1 spiro atoms. The van der Waals surface area contributed by atoms with E-state index in [4.69, 9.17) is 9.47 Å². The summed E-state index contributed by atoms with van der Waals surface area (Å²) in [5.74, 6) is -0.513. The Labute approximate surface area is 124 Å². The zero-order chi connectivity index (χ0) is 14.5. The molecule has 116 valence electrons. The van der Waals surface area contributed by atoms with Crippen molar-refractivity contribution in [1.29, 1.82) is 0 Å². The first-order chi connectivity index (χ1) is 10.1. The van der Waals surface area contributed by atoms with E-state index in [0.717, 1.165) is 12.8 Å². The van der Waals surface area contributed by atoms with Gasteiger partial charge in [-0.1, -0.05) is 0 Å². The van der Waals surface area contributed by atoms with Gasteiger partial charge in [0.05, 0.1) is 13.2 Å². The molecule has 0 unspecified atom stereocenters. The van der Waals surface area contributed by atoms with Crippen LogP contribution in [0.4, 0.5) is 0 Å². The molecule has 0 aromatic carbocycles. The van der Waals surface area contributed by atoms with E-state index in [2.05, 4.69) is 5.32 Å². The van der Waals surface area contributed by atoms with E-state index in [1.807, 2.05) is 4.90 Å². The molecule has 6 nitrogen and oxygen atoms in total. The van der Waals surface area contributed by atoms with Crippen LogP contribution in [0.25, 0.3) is 0 Å². The highest BCUT2D eigenvalue weighted by Gasteiger charge is 2.59. The van der Waals surface area contributed by atoms with Gasteiger partial charge in [0.1, 0.15) is 5.41 Å². The van der Waals surface area contributed by atoms with Crippen LogP contribution in [0.15, 0.2) is 0 Å². The second-order valence-corrected chi connectivity index (χ2v) is 6.73. The Bertz CT molecular complexity index is 454.